The summed E-state index contributed by atoms with van der Waals surface area (Å²) in [4.78, 5) is 13.0. The van der Waals surface area contributed by atoms with Gasteiger partial charge in [0.15, 0.2) is 0 Å². The van der Waals surface area contributed by atoms with Gasteiger partial charge in [0.25, 0.3) is 0 Å². The lowest BCUT2D eigenvalue weighted by molar-refractivity contribution is 0.112. The molecule has 1 fully saturated rings. The van der Waals surface area contributed by atoms with Gasteiger partial charge in [-0.1, -0.05) is 13.8 Å². The number of carbonyl (C=O) groups is 1. The topological polar surface area (TPSA) is 29.5 Å². The predicted molar refractivity (Wildman–Crippen MR) is 84.0 cm³/mol. The highest BCUT2D eigenvalue weighted by molar-refractivity contribution is 5.85. The Balaban J connectivity index is 0.00000200. The number of piperidine rings is 1. The van der Waals surface area contributed by atoms with Crippen LogP contribution in [0.1, 0.15) is 30.6 Å². The molecule has 1 saturated heterocycles. The minimum atomic E-state index is 0. The van der Waals surface area contributed by atoms with E-state index in [1.807, 2.05) is 12.1 Å². The average molecular weight is 298 g/mol. The zero-order valence-electron chi connectivity index (χ0n) is 12.2. The molecule has 2 atom stereocenters. The highest BCUT2D eigenvalue weighted by Gasteiger charge is 2.21. The Bertz CT molecular complexity index is 397. The molecule has 1 heterocycles. The third-order valence-electron chi connectivity index (χ3n) is 3.64. The second-order valence-electron chi connectivity index (χ2n) is 5.74. The standard InChI is InChI=1S/C16H23NO2.ClH/c1-13-9-14(2)11-17(10-13)7-8-19-16-5-3-15(12-18)4-6-16;/h3-6,12-14H,7-11H2,1-2H3;1H. The molecule has 1 aromatic carbocycles. The van der Waals surface area contributed by atoms with Crippen molar-refractivity contribution in [3.63, 3.8) is 0 Å². The number of benzene rings is 1. The molecule has 1 aliphatic rings. The summed E-state index contributed by atoms with van der Waals surface area (Å²) in [6.07, 6.45) is 2.19. The summed E-state index contributed by atoms with van der Waals surface area (Å²) in [6, 6.07) is 7.27. The van der Waals surface area contributed by atoms with E-state index in [2.05, 4.69) is 18.7 Å². The highest BCUT2D eigenvalue weighted by Crippen LogP contribution is 2.20. The average Bonchev–Trinajstić information content (AvgIpc) is 2.38. The van der Waals surface area contributed by atoms with Gasteiger partial charge in [-0.05, 0) is 42.5 Å². The Morgan fingerprint density at radius 2 is 1.80 bits per heavy atom. The third kappa shape index (κ3) is 5.14. The first-order valence-electron chi connectivity index (χ1n) is 7.07. The molecule has 20 heavy (non-hydrogen) atoms. The predicted octanol–water partition coefficient (Wildman–Crippen LogP) is 3.28. The van der Waals surface area contributed by atoms with Crippen LogP contribution in [0.25, 0.3) is 0 Å². The Morgan fingerprint density at radius 1 is 1.20 bits per heavy atom. The van der Waals surface area contributed by atoms with Crippen molar-refractivity contribution >= 4 is 18.7 Å². The number of rotatable bonds is 5. The smallest absolute Gasteiger partial charge is 0.150 e. The van der Waals surface area contributed by atoms with Crippen molar-refractivity contribution in [1.82, 2.24) is 4.90 Å². The van der Waals surface area contributed by atoms with Crippen molar-refractivity contribution in [2.45, 2.75) is 20.3 Å². The number of aldehydes is 1. The second kappa shape index (κ2) is 8.28. The van der Waals surface area contributed by atoms with E-state index in [9.17, 15) is 4.79 Å². The molecule has 1 aromatic rings. The third-order valence-corrected chi connectivity index (χ3v) is 3.64. The SMILES string of the molecule is CC1CC(C)CN(CCOc2ccc(C=O)cc2)C1.Cl. The normalized spacial score (nSPS) is 22.9. The minimum absolute atomic E-state index is 0. The van der Waals surface area contributed by atoms with Gasteiger partial charge in [-0.15, -0.1) is 12.4 Å². The van der Waals surface area contributed by atoms with Crippen LogP contribution in [0.2, 0.25) is 0 Å². The molecule has 0 bridgehead atoms. The first kappa shape index (κ1) is 17.0. The second-order valence-corrected chi connectivity index (χ2v) is 5.74. The molecule has 0 N–H and O–H groups in total. The molecular weight excluding hydrogens is 274 g/mol. The van der Waals surface area contributed by atoms with Crippen molar-refractivity contribution < 1.29 is 9.53 Å². The molecule has 112 valence electrons. The van der Waals surface area contributed by atoms with Gasteiger partial charge < -0.3 is 4.74 Å². The van der Waals surface area contributed by atoms with Gasteiger partial charge in [-0.3, -0.25) is 9.69 Å². The fourth-order valence-electron chi connectivity index (χ4n) is 2.91. The number of carbonyl (C=O) groups excluding carboxylic acids is 1. The van der Waals surface area contributed by atoms with E-state index >= 15 is 0 Å². The van der Waals surface area contributed by atoms with E-state index in [0.717, 1.165) is 30.4 Å². The molecular formula is C16H24ClNO2. The fraction of sp³-hybridized carbons (Fsp3) is 0.562. The maximum Gasteiger partial charge on any atom is 0.150 e. The van der Waals surface area contributed by atoms with Gasteiger partial charge in [-0.25, -0.2) is 0 Å². The lowest BCUT2D eigenvalue weighted by atomic mass is 9.92. The molecule has 0 saturated carbocycles. The Morgan fingerprint density at radius 3 is 2.35 bits per heavy atom. The number of halogens is 1. The molecule has 2 rings (SSSR count). The largest absolute Gasteiger partial charge is 0.492 e. The van der Waals surface area contributed by atoms with Gasteiger partial charge in [-0.2, -0.15) is 0 Å². The van der Waals surface area contributed by atoms with Gasteiger partial charge in [0.05, 0.1) is 0 Å². The van der Waals surface area contributed by atoms with Crippen molar-refractivity contribution in [2.75, 3.05) is 26.2 Å². The lowest BCUT2D eigenvalue weighted by Gasteiger charge is -2.34. The van der Waals surface area contributed by atoms with Crippen LogP contribution in [0.15, 0.2) is 24.3 Å². The van der Waals surface area contributed by atoms with Crippen molar-refractivity contribution in [3.05, 3.63) is 29.8 Å². The quantitative estimate of drug-likeness (QED) is 0.781. The van der Waals surface area contributed by atoms with Crippen LogP contribution >= 0.6 is 12.4 Å². The van der Waals surface area contributed by atoms with Crippen molar-refractivity contribution in [3.8, 4) is 5.75 Å². The number of hydrogen-bond donors (Lipinski definition) is 0. The zero-order valence-corrected chi connectivity index (χ0v) is 13.1. The molecule has 0 radical (unpaired) electrons. The molecule has 0 aliphatic carbocycles. The van der Waals surface area contributed by atoms with E-state index < -0.39 is 0 Å². The van der Waals surface area contributed by atoms with E-state index in [1.165, 1.54) is 19.5 Å². The van der Waals surface area contributed by atoms with Crippen LogP contribution in [0.5, 0.6) is 5.75 Å². The van der Waals surface area contributed by atoms with E-state index in [-0.39, 0.29) is 12.4 Å². The Labute approximate surface area is 127 Å². The zero-order chi connectivity index (χ0) is 13.7. The first-order chi connectivity index (χ1) is 9.17. The van der Waals surface area contributed by atoms with Crippen LogP contribution in [-0.2, 0) is 0 Å². The van der Waals surface area contributed by atoms with Crippen LogP contribution < -0.4 is 4.74 Å². The van der Waals surface area contributed by atoms with Gasteiger partial charge in [0.2, 0.25) is 0 Å². The highest BCUT2D eigenvalue weighted by atomic mass is 35.5. The number of ether oxygens (including phenoxy) is 1. The maximum atomic E-state index is 10.6. The minimum Gasteiger partial charge on any atom is -0.492 e. The van der Waals surface area contributed by atoms with Crippen molar-refractivity contribution in [2.24, 2.45) is 11.8 Å². The van der Waals surface area contributed by atoms with Crippen LogP contribution in [0.4, 0.5) is 0 Å². The van der Waals surface area contributed by atoms with Crippen LogP contribution in [0, 0.1) is 11.8 Å². The Kier molecular flexibility index (Phi) is 7.03. The van der Waals surface area contributed by atoms with Gasteiger partial charge in [0, 0.05) is 25.2 Å². The van der Waals surface area contributed by atoms with E-state index in [0.29, 0.717) is 12.2 Å². The van der Waals surface area contributed by atoms with Gasteiger partial charge >= 0.3 is 0 Å². The molecule has 3 nitrogen and oxygen atoms in total. The Hall–Kier alpha value is -1.06. The van der Waals surface area contributed by atoms with Crippen LogP contribution in [-0.4, -0.2) is 37.4 Å². The molecule has 0 spiro atoms. The summed E-state index contributed by atoms with van der Waals surface area (Å²) >= 11 is 0. The molecule has 0 aromatic heterocycles. The summed E-state index contributed by atoms with van der Waals surface area (Å²) in [7, 11) is 0. The molecule has 4 heteroatoms. The number of hydrogen-bond acceptors (Lipinski definition) is 3. The molecule has 2 unspecified atom stereocenters. The van der Waals surface area contributed by atoms with Gasteiger partial charge in [0.1, 0.15) is 18.6 Å². The summed E-state index contributed by atoms with van der Waals surface area (Å²) < 4.78 is 5.72. The lowest BCUT2D eigenvalue weighted by Crippen LogP contribution is -2.40. The number of likely N-dealkylation sites (tertiary alicyclic amines) is 1. The molecule has 0 amide bonds. The maximum absolute atomic E-state index is 10.6. The number of nitrogens with zero attached hydrogens (tertiary/aromatic N) is 1. The summed E-state index contributed by atoms with van der Waals surface area (Å²) in [5.74, 6) is 2.41. The fourth-order valence-corrected chi connectivity index (χ4v) is 2.91. The molecule has 1 aliphatic heterocycles. The van der Waals surface area contributed by atoms with E-state index in [4.69, 9.17) is 4.74 Å². The van der Waals surface area contributed by atoms with E-state index in [1.54, 1.807) is 12.1 Å². The first-order valence-corrected chi connectivity index (χ1v) is 7.07. The summed E-state index contributed by atoms with van der Waals surface area (Å²) in [6.45, 7) is 8.68. The van der Waals surface area contributed by atoms with Crippen LogP contribution in [0.3, 0.4) is 0 Å². The summed E-state index contributed by atoms with van der Waals surface area (Å²) in [5.41, 5.74) is 0.686. The van der Waals surface area contributed by atoms with Crippen molar-refractivity contribution in [1.29, 1.82) is 0 Å². The monoisotopic (exact) mass is 297 g/mol. The summed E-state index contributed by atoms with van der Waals surface area (Å²) in [5, 5.41) is 0.